The van der Waals surface area contributed by atoms with Crippen LogP contribution in [0.15, 0.2) is 6.07 Å². The first-order chi connectivity index (χ1) is 5.88. The summed E-state index contributed by atoms with van der Waals surface area (Å²) >= 11 is 7.57. The minimum Gasteiger partial charge on any atom is -0.130 e. The average molecular weight is 213 g/mol. The van der Waals surface area contributed by atoms with Gasteiger partial charge in [-0.1, -0.05) is 23.4 Å². The van der Waals surface area contributed by atoms with Gasteiger partial charge in [-0.25, -0.2) is 0 Å². The van der Waals surface area contributed by atoms with E-state index >= 15 is 0 Å². The third-order valence-electron chi connectivity index (χ3n) is 1.42. The molecule has 70 valence electrons. The summed E-state index contributed by atoms with van der Waals surface area (Å²) in [4.78, 5) is 2.19. The molecule has 1 rings (SSSR count). The van der Waals surface area contributed by atoms with Crippen molar-refractivity contribution in [3.8, 4) is 11.8 Å². The van der Waals surface area contributed by atoms with Gasteiger partial charge in [0.1, 0.15) is 0 Å². The molecule has 0 aliphatic carbocycles. The number of hydrogen-bond donors (Lipinski definition) is 0. The predicted octanol–water partition coefficient (Wildman–Crippen LogP) is 4.11. The van der Waals surface area contributed by atoms with Crippen molar-refractivity contribution in [2.75, 3.05) is 0 Å². The van der Waals surface area contributed by atoms with Gasteiger partial charge in [-0.2, -0.15) is 0 Å². The molecular formula is C11H13ClS. The topological polar surface area (TPSA) is 0 Å². The maximum Gasteiger partial charge on any atom is 0.0786 e. The molecule has 1 heterocycles. The van der Waals surface area contributed by atoms with Crippen molar-refractivity contribution in [1.82, 2.24) is 0 Å². The van der Waals surface area contributed by atoms with Crippen molar-refractivity contribution in [3.63, 3.8) is 0 Å². The second-order valence-corrected chi connectivity index (χ2v) is 5.68. The molecule has 1 aromatic heterocycles. The van der Waals surface area contributed by atoms with Gasteiger partial charge in [-0.3, -0.25) is 0 Å². The number of halogens is 1. The van der Waals surface area contributed by atoms with E-state index in [0.29, 0.717) is 0 Å². The molecule has 0 N–H and O–H groups in total. The molecule has 0 aliphatic rings. The fourth-order valence-corrected chi connectivity index (χ4v) is 1.83. The monoisotopic (exact) mass is 212 g/mol. The maximum atomic E-state index is 5.92. The summed E-state index contributed by atoms with van der Waals surface area (Å²) < 4.78 is 0. The molecule has 0 aliphatic heterocycles. The Morgan fingerprint density at radius 2 is 2.00 bits per heavy atom. The van der Waals surface area contributed by atoms with E-state index in [2.05, 4.69) is 32.6 Å². The van der Waals surface area contributed by atoms with Crippen LogP contribution in [0, 0.1) is 24.2 Å². The highest BCUT2D eigenvalue weighted by atomic mass is 35.5. The van der Waals surface area contributed by atoms with Gasteiger partial charge in [-0.05, 0) is 33.8 Å². The highest BCUT2D eigenvalue weighted by Gasteiger charge is 2.04. The largest absolute Gasteiger partial charge is 0.130 e. The van der Waals surface area contributed by atoms with Gasteiger partial charge in [0.25, 0.3) is 0 Å². The first-order valence-electron chi connectivity index (χ1n) is 4.17. The van der Waals surface area contributed by atoms with Crippen LogP contribution in [-0.2, 0) is 0 Å². The second kappa shape index (κ2) is 3.74. The number of hydrogen-bond acceptors (Lipinski definition) is 1. The predicted molar refractivity (Wildman–Crippen MR) is 60.4 cm³/mol. The Morgan fingerprint density at radius 1 is 1.38 bits per heavy atom. The molecule has 0 saturated carbocycles. The Morgan fingerprint density at radius 3 is 2.38 bits per heavy atom. The SMILES string of the molecule is Cc1sc(C#CC(C)(C)C)cc1Cl. The lowest BCUT2D eigenvalue weighted by Gasteiger charge is -2.06. The second-order valence-electron chi connectivity index (χ2n) is 4.01. The van der Waals surface area contributed by atoms with Gasteiger partial charge in [0.15, 0.2) is 0 Å². The Bertz CT molecular complexity index is 338. The highest BCUT2D eigenvalue weighted by Crippen LogP contribution is 2.25. The molecule has 0 fully saturated rings. The zero-order valence-electron chi connectivity index (χ0n) is 8.36. The molecule has 0 aromatic carbocycles. The Kier molecular flexibility index (Phi) is 3.05. The van der Waals surface area contributed by atoms with Crippen molar-refractivity contribution in [2.24, 2.45) is 5.41 Å². The fraction of sp³-hybridized carbons (Fsp3) is 0.455. The lowest BCUT2D eigenvalue weighted by atomic mass is 9.98. The molecule has 2 heteroatoms. The fourth-order valence-electron chi connectivity index (χ4n) is 0.771. The summed E-state index contributed by atoms with van der Waals surface area (Å²) in [7, 11) is 0. The lowest BCUT2D eigenvalue weighted by Crippen LogP contribution is -1.98. The summed E-state index contributed by atoms with van der Waals surface area (Å²) in [5.74, 6) is 6.31. The van der Waals surface area contributed by atoms with E-state index in [0.717, 1.165) is 14.8 Å². The first kappa shape index (κ1) is 10.6. The van der Waals surface area contributed by atoms with Gasteiger partial charge < -0.3 is 0 Å². The average Bonchev–Trinajstić information content (AvgIpc) is 2.27. The number of aryl methyl sites for hydroxylation is 1. The Balaban J connectivity index is 2.91. The molecule has 0 spiro atoms. The van der Waals surface area contributed by atoms with Gasteiger partial charge in [-0.15, -0.1) is 11.3 Å². The molecule has 0 amide bonds. The standard InChI is InChI=1S/C11H13ClS/c1-8-10(12)7-9(13-8)5-6-11(2,3)4/h7H,1-4H3. The van der Waals surface area contributed by atoms with Crippen LogP contribution in [0.2, 0.25) is 5.02 Å². The van der Waals surface area contributed by atoms with Crippen molar-refractivity contribution < 1.29 is 0 Å². The summed E-state index contributed by atoms with van der Waals surface area (Å²) in [5.41, 5.74) is 0.0599. The van der Waals surface area contributed by atoms with Crippen molar-refractivity contribution in [3.05, 3.63) is 20.8 Å². The number of rotatable bonds is 0. The van der Waals surface area contributed by atoms with Gasteiger partial charge in [0.2, 0.25) is 0 Å². The molecule has 0 unspecified atom stereocenters. The van der Waals surface area contributed by atoms with Crippen LogP contribution < -0.4 is 0 Å². The van der Waals surface area contributed by atoms with Crippen LogP contribution in [0.5, 0.6) is 0 Å². The van der Waals surface area contributed by atoms with E-state index in [4.69, 9.17) is 11.6 Å². The van der Waals surface area contributed by atoms with E-state index in [9.17, 15) is 0 Å². The minimum atomic E-state index is 0.0599. The Labute approximate surface area is 88.9 Å². The molecule has 0 radical (unpaired) electrons. The quantitative estimate of drug-likeness (QED) is 0.568. The molecule has 0 saturated heterocycles. The van der Waals surface area contributed by atoms with E-state index in [-0.39, 0.29) is 5.41 Å². The minimum absolute atomic E-state index is 0.0599. The van der Waals surface area contributed by atoms with E-state index in [1.165, 1.54) is 0 Å². The van der Waals surface area contributed by atoms with Crippen molar-refractivity contribution >= 4 is 22.9 Å². The van der Waals surface area contributed by atoms with Crippen LogP contribution in [-0.4, -0.2) is 0 Å². The normalized spacial score (nSPS) is 10.8. The van der Waals surface area contributed by atoms with Crippen LogP contribution >= 0.6 is 22.9 Å². The van der Waals surface area contributed by atoms with Crippen LogP contribution in [0.4, 0.5) is 0 Å². The summed E-state index contributed by atoms with van der Waals surface area (Å²) in [6.45, 7) is 8.31. The smallest absolute Gasteiger partial charge is 0.0786 e. The van der Waals surface area contributed by atoms with Crippen LogP contribution in [0.25, 0.3) is 0 Å². The molecule has 0 nitrogen and oxygen atoms in total. The lowest BCUT2D eigenvalue weighted by molar-refractivity contribution is 0.571. The zero-order valence-corrected chi connectivity index (χ0v) is 9.94. The summed E-state index contributed by atoms with van der Waals surface area (Å²) in [6, 6.07) is 1.93. The maximum absolute atomic E-state index is 5.92. The summed E-state index contributed by atoms with van der Waals surface area (Å²) in [5, 5.41) is 0.822. The highest BCUT2D eigenvalue weighted by molar-refractivity contribution is 7.13. The van der Waals surface area contributed by atoms with Gasteiger partial charge >= 0.3 is 0 Å². The van der Waals surface area contributed by atoms with Crippen molar-refractivity contribution in [1.29, 1.82) is 0 Å². The zero-order chi connectivity index (χ0) is 10.1. The van der Waals surface area contributed by atoms with Crippen molar-refractivity contribution in [2.45, 2.75) is 27.7 Å². The molecule has 13 heavy (non-hydrogen) atoms. The van der Waals surface area contributed by atoms with E-state index in [1.807, 2.05) is 13.0 Å². The third kappa shape index (κ3) is 3.42. The van der Waals surface area contributed by atoms with Gasteiger partial charge in [0, 0.05) is 10.3 Å². The first-order valence-corrected chi connectivity index (χ1v) is 5.37. The number of thiophene rings is 1. The molecule has 1 aromatic rings. The van der Waals surface area contributed by atoms with E-state index in [1.54, 1.807) is 11.3 Å². The van der Waals surface area contributed by atoms with Crippen LogP contribution in [0.1, 0.15) is 30.5 Å². The van der Waals surface area contributed by atoms with Crippen LogP contribution in [0.3, 0.4) is 0 Å². The molecule has 0 bridgehead atoms. The van der Waals surface area contributed by atoms with Gasteiger partial charge in [0.05, 0.1) is 9.90 Å². The third-order valence-corrected chi connectivity index (χ3v) is 2.89. The molecular weight excluding hydrogens is 200 g/mol. The Hall–Kier alpha value is -0.450. The van der Waals surface area contributed by atoms with E-state index < -0.39 is 0 Å². The summed E-state index contributed by atoms with van der Waals surface area (Å²) in [6.07, 6.45) is 0. The molecule has 0 atom stereocenters.